The lowest BCUT2D eigenvalue weighted by Crippen LogP contribution is -2.36. The van der Waals surface area contributed by atoms with E-state index >= 15 is 0 Å². The van der Waals surface area contributed by atoms with E-state index in [-0.39, 0.29) is 22.3 Å². The molecule has 1 heterocycles. The van der Waals surface area contributed by atoms with Gasteiger partial charge in [0.25, 0.3) is 11.8 Å². The molecule has 248 valence electrons. The first-order valence-electron chi connectivity index (χ1n) is 15.2. The van der Waals surface area contributed by atoms with E-state index < -0.39 is 54.1 Å². The Hall–Kier alpha value is -5.90. The van der Waals surface area contributed by atoms with Crippen molar-refractivity contribution in [3.8, 4) is 0 Å². The van der Waals surface area contributed by atoms with Crippen LogP contribution in [0.5, 0.6) is 0 Å². The third-order valence-electron chi connectivity index (χ3n) is 7.91. The standard InChI is InChI=1S/C39H25Cl2NO8/c40-28-16-11-25(12-17-28)35(33(44)23-7-3-1-4-8-23)49-32(43)22-42-37(46)30-20-15-27(21-31(30)38(42)47)39(48)50-36(26-13-18-29(41)19-14-26)34(45)24-9-5-2-6-10-24/h1-21,35-36H,22H2/t35-,36-/m0/s1. The Kier molecular flexibility index (Phi) is 9.99. The predicted molar refractivity (Wildman–Crippen MR) is 183 cm³/mol. The number of Topliss-reactive ketones (excluding diaryl/α,β-unsaturated/α-hetero) is 2. The van der Waals surface area contributed by atoms with Gasteiger partial charge in [0.2, 0.25) is 11.6 Å². The number of hydrogen-bond donors (Lipinski definition) is 0. The van der Waals surface area contributed by atoms with Gasteiger partial charge < -0.3 is 9.47 Å². The average Bonchev–Trinajstić information content (AvgIpc) is 3.37. The van der Waals surface area contributed by atoms with Crippen molar-refractivity contribution in [2.24, 2.45) is 0 Å². The number of carbonyl (C=O) groups is 6. The Bertz CT molecular complexity index is 2120. The van der Waals surface area contributed by atoms with Crippen molar-refractivity contribution >= 4 is 58.5 Å². The van der Waals surface area contributed by atoms with E-state index in [4.69, 9.17) is 32.7 Å². The topological polar surface area (TPSA) is 124 Å². The molecule has 5 aromatic carbocycles. The number of esters is 2. The minimum Gasteiger partial charge on any atom is -0.448 e. The molecule has 0 saturated carbocycles. The first-order chi connectivity index (χ1) is 24.1. The molecule has 2 amide bonds. The number of ketones is 2. The molecular weight excluding hydrogens is 681 g/mol. The van der Waals surface area contributed by atoms with Gasteiger partial charge in [-0.15, -0.1) is 0 Å². The van der Waals surface area contributed by atoms with Crippen LogP contribution in [0.3, 0.4) is 0 Å². The zero-order valence-electron chi connectivity index (χ0n) is 26.0. The number of halogens is 2. The number of benzene rings is 5. The molecule has 1 aliphatic heterocycles. The molecule has 0 aromatic heterocycles. The highest BCUT2D eigenvalue weighted by Crippen LogP contribution is 2.29. The Morgan fingerprint density at radius 2 is 1.00 bits per heavy atom. The van der Waals surface area contributed by atoms with Crippen molar-refractivity contribution in [3.05, 3.63) is 176 Å². The molecule has 0 fully saturated rings. The number of nitrogens with zero attached hydrogens (tertiary/aromatic N) is 1. The maximum atomic E-state index is 13.4. The second-order valence-corrected chi connectivity index (χ2v) is 12.0. The van der Waals surface area contributed by atoms with Gasteiger partial charge in [0.05, 0.1) is 16.7 Å². The summed E-state index contributed by atoms with van der Waals surface area (Å²) in [6.07, 6.45) is -2.72. The van der Waals surface area contributed by atoms with Crippen molar-refractivity contribution in [1.29, 1.82) is 0 Å². The third-order valence-corrected chi connectivity index (χ3v) is 8.41. The first-order valence-corrected chi connectivity index (χ1v) is 16.0. The fourth-order valence-electron chi connectivity index (χ4n) is 5.36. The number of imide groups is 1. The lowest BCUT2D eigenvalue weighted by atomic mass is 9.99. The molecule has 0 unspecified atom stereocenters. The molecule has 6 rings (SSSR count). The molecule has 50 heavy (non-hydrogen) atoms. The molecule has 0 aliphatic carbocycles. The predicted octanol–water partition coefficient (Wildman–Crippen LogP) is 7.54. The van der Waals surface area contributed by atoms with Crippen LogP contribution in [0.1, 0.15) is 75.1 Å². The Balaban J connectivity index is 1.20. The molecule has 0 spiro atoms. The summed E-state index contributed by atoms with van der Waals surface area (Å²) in [5.74, 6) is -4.61. The van der Waals surface area contributed by atoms with Gasteiger partial charge in [-0.2, -0.15) is 0 Å². The quantitative estimate of drug-likeness (QED) is 0.0785. The van der Waals surface area contributed by atoms with Crippen LogP contribution in [0.2, 0.25) is 10.0 Å². The SMILES string of the molecule is O=C(CN1C(=O)c2ccc(C(=O)O[C@H](C(=O)c3ccccc3)c3ccc(Cl)cc3)cc2C1=O)O[C@H](C(=O)c1ccccc1)c1ccc(Cl)cc1. The molecule has 0 radical (unpaired) electrons. The van der Waals surface area contributed by atoms with Crippen molar-refractivity contribution < 1.29 is 38.2 Å². The summed E-state index contributed by atoms with van der Waals surface area (Å²) in [4.78, 5) is 80.8. The summed E-state index contributed by atoms with van der Waals surface area (Å²) >= 11 is 12.0. The van der Waals surface area contributed by atoms with E-state index in [2.05, 4.69) is 0 Å². The van der Waals surface area contributed by atoms with Gasteiger partial charge in [-0.25, -0.2) is 4.79 Å². The number of rotatable bonds is 11. The number of carbonyl (C=O) groups excluding carboxylic acids is 6. The van der Waals surface area contributed by atoms with Crippen LogP contribution in [0.4, 0.5) is 0 Å². The van der Waals surface area contributed by atoms with Gasteiger partial charge in [-0.1, -0.05) is 108 Å². The van der Waals surface area contributed by atoms with Crippen molar-refractivity contribution in [2.75, 3.05) is 6.54 Å². The lowest BCUT2D eigenvalue weighted by molar-refractivity contribution is -0.147. The maximum absolute atomic E-state index is 13.4. The molecule has 11 heteroatoms. The van der Waals surface area contributed by atoms with Gasteiger partial charge in [-0.05, 0) is 42.5 Å². The van der Waals surface area contributed by atoms with Crippen LogP contribution in [0, 0.1) is 0 Å². The van der Waals surface area contributed by atoms with Crippen LogP contribution in [-0.2, 0) is 14.3 Å². The van der Waals surface area contributed by atoms with E-state index in [9.17, 15) is 28.8 Å². The van der Waals surface area contributed by atoms with Gasteiger partial charge in [0, 0.05) is 32.3 Å². The molecule has 1 aliphatic rings. The number of amides is 2. The molecule has 0 bridgehead atoms. The van der Waals surface area contributed by atoms with Crippen LogP contribution >= 0.6 is 23.2 Å². The molecule has 2 atom stereocenters. The van der Waals surface area contributed by atoms with Crippen molar-refractivity contribution in [3.63, 3.8) is 0 Å². The van der Waals surface area contributed by atoms with Gasteiger partial charge in [0.15, 0.2) is 12.2 Å². The molecule has 0 N–H and O–H groups in total. The minimum atomic E-state index is -1.38. The highest BCUT2D eigenvalue weighted by molar-refractivity contribution is 6.31. The molecule has 5 aromatic rings. The molecule has 9 nitrogen and oxygen atoms in total. The average molecular weight is 707 g/mol. The van der Waals surface area contributed by atoms with Crippen LogP contribution in [0.25, 0.3) is 0 Å². The normalized spacial score (nSPS) is 13.3. The van der Waals surface area contributed by atoms with E-state index in [1.54, 1.807) is 84.9 Å². The zero-order valence-corrected chi connectivity index (χ0v) is 27.5. The Labute approximate surface area is 296 Å². The van der Waals surface area contributed by atoms with Crippen LogP contribution < -0.4 is 0 Å². The smallest absolute Gasteiger partial charge is 0.339 e. The van der Waals surface area contributed by atoms with Gasteiger partial charge in [0.1, 0.15) is 6.54 Å². The molecular formula is C39H25Cl2NO8. The highest BCUT2D eigenvalue weighted by atomic mass is 35.5. The summed E-state index contributed by atoms with van der Waals surface area (Å²) in [6.45, 7) is -0.803. The Morgan fingerprint density at radius 1 is 0.540 bits per heavy atom. The summed E-state index contributed by atoms with van der Waals surface area (Å²) in [6, 6.07) is 32.6. The maximum Gasteiger partial charge on any atom is 0.339 e. The third kappa shape index (κ3) is 7.24. The second kappa shape index (κ2) is 14.7. The first kappa shape index (κ1) is 34.0. The van der Waals surface area contributed by atoms with Gasteiger partial charge in [-0.3, -0.25) is 28.9 Å². The van der Waals surface area contributed by atoms with E-state index in [0.29, 0.717) is 31.6 Å². The summed E-state index contributed by atoms with van der Waals surface area (Å²) in [5.41, 5.74) is 0.991. The largest absolute Gasteiger partial charge is 0.448 e. The van der Waals surface area contributed by atoms with E-state index in [1.807, 2.05) is 0 Å². The summed E-state index contributed by atoms with van der Waals surface area (Å²) in [5, 5.41) is 0.827. The minimum absolute atomic E-state index is 0.0522. The summed E-state index contributed by atoms with van der Waals surface area (Å²) < 4.78 is 11.3. The summed E-state index contributed by atoms with van der Waals surface area (Å²) in [7, 11) is 0. The highest BCUT2D eigenvalue weighted by Gasteiger charge is 2.39. The fraction of sp³-hybridized carbons (Fsp3) is 0.0769. The monoisotopic (exact) mass is 705 g/mol. The van der Waals surface area contributed by atoms with Crippen molar-refractivity contribution in [2.45, 2.75) is 12.2 Å². The van der Waals surface area contributed by atoms with E-state index in [1.165, 1.54) is 42.5 Å². The number of ether oxygens (including phenoxy) is 2. The van der Waals surface area contributed by atoms with Crippen LogP contribution in [-0.4, -0.2) is 46.8 Å². The lowest BCUT2D eigenvalue weighted by Gasteiger charge is -2.19. The zero-order chi connectivity index (χ0) is 35.4. The van der Waals surface area contributed by atoms with Crippen molar-refractivity contribution in [1.82, 2.24) is 4.90 Å². The number of fused-ring (bicyclic) bond motifs is 1. The second-order valence-electron chi connectivity index (χ2n) is 11.2. The van der Waals surface area contributed by atoms with E-state index in [0.717, 1.165) is 0 Å². The molecule has 0 saturated heterocycles. The van der Waals surface area contributed by atoms with Gasteiger partial charge >= 0.3 is 11.9 Å². The van der Waals surface area contributed by atoms with Crippen LogP contribution in [0.15, 0.2) is 127 Å². The Morgan fingerprint density at radius 3 is 1.50 bits per heavy atom. The number of hydrogen-bond acceptors (Lipinski definition) is 8. The fourth-order valence-corrected chi connectivity index (χ4v) is 5.61.